The molecule has 0 aliphatic rings. The third-order valence-electron chi connectivity index (χ3n) is 2.27. The van der Waals surface area contributed by atoms with Crippen LogP contribution in [0.5, 0.6) is 0 Å². The van der Waals surface area contributed by atoms with Crippen molar-refractivity contribution in [3.63, 3.8) is 0 Å². The summed E-state index contributed by atoms with van der Waals surface area (Å²) in [6, 6.07) is 0. The fraction of sp³-hybridized carbons (Fsp3) is 0.455. The number of anilines is 1. The molecule has 0 fully saturated rings. The Balaban J connectivity index is 0.000000758. The summed E-state index contributed by atoms with van der Waals surface area (Å²) in [6.07, 6.45) is -7.48. The van der Waals surface area contributed by atoms with Gasteiger partial charge in [-0.1, -0.05) is 0 Å². The number of rotatable bonds is 5. The zero-order valence-electron chi connectivity index (χ0n) is 12.3. The average Bonchev–Trinajstić information content (AvgIpc) is 2.46. The normalized spacial score (nSPS) is 12.6. The summed E-state index contributed by atoms with van der Waals surface area (Å²) in [4.78, 5) is 34.5. The van der Waals surface area contributed by atoms with Gasteiger partial charge in [-0.25, -0.2) is 9.78 Å². The monoisotopic (exact) mass is 413 g/mol. The van der Waals surface area contributed by atoms with Crippen molar-refractivity contribution in [2.24, 2.45) is 0 Å². The molecule has 0 spiro atoms. The highest BCUT2D eigenvalue weighted by Crippen LogP contribution is 2.24. The number of hydrogen-bond acceptors (Lipinski definition) is 5. The molecule has 0 aliphatic carbocycles. The lowest BCUT2D eigenvalue weighted by Crippen LogP contribution is -2.33. The molecule has 1 atom stereocenters. The lowest BCUT2D eigenvalue weighted by Gasteiger charge is -2.14. The van der Waals surface area contributed by atoms with Gasteiger partial charge in [0.2, 0.25) is 0 Å². The maximum absolute atomic E-state index is 12.2. The van der Waals surface area contributed by atoms with Crippen LogP contribution < -0.4 is 10.9 Å². The second kappa shape index (κ2) is 9.26. The topological polar surface area (TPSA) is 122 Å². The standard InChI is InChI=1S/C9H9ClF3N3O3.C2HF3O2/c10-5(9(11,12)13)3-15-7-8(19)16(2-1-14-7)4-6(17)18;3-2(4,5)1(6)7/h1-2,5H,3-4H2,(H,14,15)(H,17,18);(H,6,7). The molecule has 148 valence electrons. The first-order chi connectivity index (χ1) is 11.7. The Bertz CT molecular complexity index is 690. The van der Waals surface area contributed by atoms with Gasteiger partial charge in [0.15, 0.2) is 5.82 Å². The highest BCUT2D eigenvalue weighted by molar-refractivity contribution is 6.21. The number of hydrogen-bond donors (Lipinski definition) is 3. The zero-order chi connectivity index (χ0) is 20.7. The van der Waals surface area contributed by atoms with Gasteiger partial charge in [-0.15, -0.1) is 11.6 Å². The minimum Gasteiger partial charge on any atom is -0.480 e. The van der Waals surface area contributed by atoms with Crippen molar-refractivity contribution < 1.29 is 46.1 Å². The Labute approximate surface area is 145 Å². The second-order valence-electron chi connectivity index (χ2n) is 4.30. The van der Waals surface area contributed by atoms with Crippen molar-refractivity contribution in [3.8, 4) is 0 Å². The van der Waals surface area contributed by atoms with Gasteiger partial charge in [0.25, 0.3) is 5.56 Å². The quantitative estimate of drug-likeness (QED) is 0.494. The third-order valence-corrected chi connectivity index (χ3v) is 2.67. The molecule has 3 N–H and O–H groups in total. The van der Waals surface area contributed by atoms with E-state index in [2.05, 4.69) is 10.3 Å². The molecule has 0 radical (unpaired) electrons. The molecule has 1 aromatic heterocycles. The molecule has 0 bridgehead atoms. The molecule has 0 saturated heterocycles. The van der Waals surface area contributed by atoms with E-state index < -0.39 is 54.1 Å². The van der Waals surface area contributed by atoms with Crippen molar-refractivity contribution in [1.82, 2.24) is 9.55 Å². The molecule has 1 unspecified atom stereocenters. The van der Waals surface area contributed by atoms with E-state index >= 15 is 0 Å². The highest BCUT2D eigenvalue weighted by Gasteiger charge is 2.38. The number of nitrogens with one attached hydrogen (secondary N) is 1. The summed E-state index contributed by atoms with van der Waals surface area (Å²) < 4.78 is 69.0. The molecule has 26 heavy (non-hydrogen) atoms. The number of aliphatic carboxylic acids is 2. The summed E-state index contributed by atoms with van der Waals surface area (Å²) in [5, 5.41) is 15.6. The molecule has 15 heteroatoms. The van der Waals surface area contributed by atoms with Crippen molar-refractivity contribution in [2.75, 3.05) is 11.9 Å². The summed E-state index contributed by atoms with van der Waals surface area (Å²) in [7, 11) is 0. The molecule has 0 amide bonds. The Morgan fingerprint density at radius 3 is 2.12 bits per heavy atom. The number of carboxylic acids is 2. The predicted molar refractivity (Wildman–Crippen MR) is 74.0 cm³/mol. The Morgan fingerprint density at radius 2 is 1.73 bits per heavy atom. The summed E-state index contributed by atoms with van der Waals surface area (Å²) in [6.45, 7) is -1.36. The van der Waals surface area contributed by atoms with Gasteiger partial charge in [-0.3, -0.25) is 14.2 Å². The van der Waals surface area contributed by atoms with E-state index in [1.807, 2.05) is 0 Å². The number of carbonyl (C=O) groups is 2. The smallest absolute Gasteiger partial charge is 0.480 e. The summed E-state index contributed by atoms with van der Waals surface area (Å²) >= 11 is 5.07. The van der Waals surface area contributed by atoms with Crippen LogP contribution in [-0.4, -0.2) is 56.0 Å². The summed E-state index contributed by atoms with van der Waals surface area (Å²) in [5.41, 5.74) is -0.837. The van der Waals surface area contributed by atoms with Gasteiger partial charge in [0.05, 0.1) is 0 Å². The molecule has 1 heterocycles. The molecule has 1 aromatic rings. The van der Waals surface area contributed by atoms with Gasteiger partial charge < -0.3 is 15.5 Å². The fourth-order valence-corrected chi connectivity index (χ4v) is 1.22. The molecular weight excluding hydrogens is 404 g/mol. The molecule has 0 aliphatic heterocycles. The predicted octanol–water partition coefficient (Wildman–Crippen LogP) is 1.54. The van der Waals surface area contributed by atoms with Crippen LogP contribution in [-0.2, 0) is 16.1 Å². The number of aromatic nitrogens is 2. The van der Waals surface area contributed by atoms with Crippen LogP contribution in [0.2, 0.25) is 0 Å². The van der Waals surface area contributed by atoms with Gasteiger partial charge >= 0.3 is 24.3 Å². The maximum Gasteiger partial charge on any atom is 0.490 e. The molecule has 1 rings (SSSR count). The van der Waals surface area contributed by atoms with Gasteiger partial charge in [-0.2, -0.15) is 26.3 Å². The van der Waals surface area contributed by atoms with E-state index in [4.69, 9.17) is 26.6 Å². The number of halogens is 7. The largest absolute Gasteiger partial charge is 0.490 e. The molecule has 0 saturated carbocycles. The van der Waals surface area contributed by atoms with Crippen LogP contribution in [0.1, 0.15) is 0 Å². The van der Waals surface area contributed by atoms with Crippen molar-refractivity contribution >= 4 is 29.4 Å². The SMILES string of the molecule is O=C(O)C(F)(F)F.O=C(O)Cn1ccnc(NCC(Cl)C(F)(F)F)c1=O. The van der Waals surface area contributed by atoms with Crippen LogP contribution in [0.15, 0.2) is 17.2 Å². The zero-order valence-corrected chi connectivity index (χ0v) is 13.1. The maximum atomic E-state index is 12.2. The Hall–Kier alpha value is -2.51. The first kappa shape index (κ1) is 23.5. The number of nitrogens with zero attached hydrogens (tertiary/aromatic N) is 2. The van der Waals surface area contributed by atoms with Crippen LogP contribution >= 0.6 is 11.6 Å². The summed E-state index contributed by atoms with van der Waals surface area (Å²) in [5.74, 6) is -4.41. The highest BCUT2D eigenvalue weighted by atomic mass is 35.5. The van der Waals surface area contributed by atoms with E-state index in [-0.39, 0.29) is 0 Å². The van der Waals surface area contributed by atoms with Crippen molar-refractivity contribution in [2.45, 2.75) is 24.3 Å². The van der Waals surface area contributed by atoms with Crippen LogP contribution in [0.4, 0.5) is 32.2 Å². The van der Waals surface area contributed by atoms with Crippen LogP contribution in [0.3, 0.4) is 0 Å². The van der Waals surface area contributed by atoms with E-state index in [0.717, 1.165) is 17.0 Å². The minimum absolute atomic E-state index is 0.390. The molecular formula is C11H10ClF6N3O5. The first-order valence-corrected chi connectivity index (χ1v) is 6.62. The Kier molecular flexibility index (Phi) is 8.37. The van der Waals surface area contributed by atoms with Crippen LogP contribution in [0.25, 0.3) is 0 Å². The van der Waals surface area contributed by atoms with Crippen LogP contribution in [0, 0.1) is 0 Å². The minimum atomic E-state index is -5.08. The van der Waals surface area contributed by atoms with E-state index in [9.17, 15) is 35.9 Å². The van der Waals surface area contributed by atoms with Gasteiger partial charge in [0.1, 0.15) is 11.9 Å². The van der Waals surface area contributed by atoms with E-state index in [1.54, 1.807) is 0 Å². The third kappa shape index (κ3) is 8.55. The first-order valence-electron chi connectivity index (χ1n) is 6.18. The van der Waals surface area contributed by atoms with Gasteiger partial charge in [0, 0.05) is 18.9 Å². The Morgan fingerprint density at radius 1 is 1.23 bits per heavy atom. The lowest BCUT2D eigenvalue weighted by molar-refractivity contribution is -0.192. The second-order valence-corrected chi connectivity index (χ2v) is 4.82. The van der Waals surface area contributed by atoms with E-state index in [1.165, 1.54) is 0 Å². The van der Waals surface area contributed by atoms with Crippen molar-refractivity contribution in [3.05, 3.63) is 22.7 Å². The van der Waals surface area contributed by atoms with Crippen molar-refractivity contribution in [1.29, 1.82) is 0 Å². The number of carboxylic acid groups (broad SMARTS) is 2. The molecule has 0 aromatic carbocycles. The lowest BCUT2D eigenvalue weighted by atomic mass is 10.4. The number of alkyl halides is 7. The van der Waals surface area contributed by atoms with Gasteiger partial charge in [-0.05, 0) is 0 Å². The molecule has 8 nitrogen and oxygen atoms in total. The average molecular weight is 414 g/mol. The fourth-order valence-electron chi connectivity index (χ4n) is 1.14. The van der Waals surface area contributed by atoms with E-state index in [0.29, 0.717) is 0 Å².